The van der Waals surface area contributed by atoms with E-state index >= 15 is 0 Å². The highest BCUT2D eigenvalue weighted by molar-refractivity contribution is 5.70. The molecule has 0 fully saturated rings. The molecule has 0 heterocycles. The van der Waals surface area contributed by atoms with Crippen LogP contribution in [0, 0.1) is 11.8 Å². The SMILES string of the molecule is CCCCCCCC/C=C\CCCCCCC(C(=O)O)C(C)CCCCCCCCCC. The van der Waals surface area contributed by atoms with Crippen LogP contribution in [0.2, 0.25) is 0 Å². The summed E-state index contributed by atoms with van der Waals surface area (Å²) in [5.41, 5.74) is 0. The lowest BCUT2D eigenvalue weighted by molar-refractivity contribution is -0.143. The average Bonchev–Trinajstić information content (AvgIpc) is 2.77. The molecule has 0 aromatic heterocycles. The first-order chi connectivity index (χ1) is 15.6. The number of hydrogen-bond acceptors (Lipinski definition) is 1. The molecule has 0 bridgehead atoms. The Hall–Kier alpha value is -0.790. The molecule has 0 rings (SSSR count). The molecule has 32 heavy (non-hydrogen) atoms. The summed E-state index contributed by atoms with van der Waals surface area (Å²) in [6.45, 7) is 6.69. The molecule has 0 radical (unpaired) electrons. The van der Waals surface area contributed by atoms with E-state index in [0.717, 1.165) is 19.3 Å². The van der Waals surface area contributed by atoms with Crippen LogP contribution < -0.4 is 0 Å². The Morgan fingerprint density at radius 2 is 0.969 bits per heavy atom. The van der Waals surface area contributed by atoms with Gasteiger partial charge >= 0.3 is 5.97 Å². The van der Waals surface area contributed by atoms with E-state index in [1.807, 2.05) is 0 Å². The summed E-state index contributed by atoms with van der Waals surface area (Å²) in [6.07, 6.45) is 32.6. The fourth-order valence-electron chi connectivity index (χ4n) is 4.71. The standard InChI is InChI=1S/C30H58O2/c1-4-6-8-10-12-14-15-16-17-18-19-21-23-25-27-29(30(31)32)28(3)26-24-22-20-13-11-9-7-5-2/h16-17,28-29H,4-15,18-27H2,1-3H3,(H,31,32)/b17-16-. The largest absolute Gasteiger partial charge is 0.481 e. The second-order valence-electron chi connectivity index (χ2n) is 10.2. The van der Waals surface area contributed by atoms with E-state index < -0.39 is 5.97 Å². The van der Waals surface area contributed by atoms with Crippen LogP contribution in [-0.2, 0) is 4.79 Å². The topological polar surface area (TPSA) is 37.3 Å². The fourth-order valence-corrected chi connectivity index (χ4v) is 4.71. The van der Waals surface area contributed by atoms with Gasteiger partial charge in [-0.3, -0.25) is 4.79 Å². The van der Waals surface area contributed by atoms with Crippen molar-refractivity contribution in [1.82, 2.24) is 0 Å². The molecule has 2 atom stereocenters. The number of rotatable bonds is 25. The predicted molar refractivity (Wildman–Crippen MR) is 142 cm³/mol. The van der Waals surface area contributed by atoms with Crippen molar-refractivity contribution in [1.29, 1.82) is 0 Å². The van der Waals surface area contributed by atoms with Gasteiger partial charge in [-0.1, -0.05) is 136 Å². The van der Waals surface area contributed by atoms with Gasteiger partial charge in [-0.2, -0.15) is 0 Å². The molecule has 0 aliphatic carbocycles. The van der Waals surface area contributed by atoms with E-state index in [4.69, 9.17) is 0 Å². The smallest absolute Gasteiger partial charge is 0.306 e. The number of unbranched alkanes of at least 4 members (excludes halogenated alkanes) is 17. The summed E-state index contributed by atoms with van der Waals surface area (Å²) in [5, 5.41) is 9.66. The van der Waals surface area contributed by atoms with E-state index in [-0.39, 0.29) is 5.92 Å². The van der Waals surface area contributed by atoms with E-state index in [1.54, 1.807) is 0 Å². The van der Waals surface area contributed by atoms with Crippen molar-refractivity contribution in [3.05, 3.63) is 12.2 Å². The molecule has 2 heteroatoms. The average molecular weight is 451 g/mol. The minimum atomic E-state index is -0.574. The number of carbonyl (C=O) groups is 1. The molecule has 2 nitrogen and oxygen atoms in total. The van der Waals surface area contributed by atoms with Gasteiger partial charge in [0.2, 0.25) is 0 Å². The molecule has 0 aromatic rings. The predicted octanol–water partition coefficient (Wildman–Crippen LogP) is 10.5. The maximum absolute atomic E-state index is 11.7. The highest BCUT2D eigenvalue weighted by Gasteiger charge is 2.23. The normalized spacial score (nSPS) is 13.6. The lowest BCUT2D eigenvalue weighted by Crippen LogP contribution is -2.21. The second kappa shape index (κ2) is 24.8. The van der Waals surface area contributed by atoms with Crippen LogP contribution >= 0.6 is 0 Å². The number of carboxylic acid groups (broad SMARTS) is 1. The van der Waals surface area contributed by atoms with E-state index in [2.05, 4.69) is 32.9 Å². The summed E-state index contributed by atoms with van der Waals surface area (Å²) >= 11 is 0. The zero-order valence-corrected chi connectivity index (χ0v) is 22.2. The minimum Gasteiger partial charge on any atom is -0.481 e. The first kappa shape index (κ1) is 31.2. The summed E-state index contributed by atoms with van der Waals surface area (Å²) in [5.74, 6) is -0.399. The molecule has 0 spiro atoms. The van der Waals surface area contributed by atoms with Crippen molar-refractivity contribution in [2.45, 2.75) is 162 Å². The van der Waals surface area contributed by atoms with E-state index in [9.17, 15) is 9.90 Å². The van der Waals surface area contributed by atoms with Gasteiger partial charge in [0.25, 0.3) is 0 Å². The third kappa shape index (κ3) is 21.1. The Bertz CT molecular complexity index is 415. The Balaban J connectivity index is 3.65. The van der Waals surface area contributed by atoms with Crippen molar-refractivity contribution >= 4 is 5.97 Å². The molecular formula is C30H58O2. The molecular weight excluding hydrogens is 392 g/mol. The molecule has 0 saturated heterocycles. The number of aliphatic carboxylic acids is 1. The maximum Gasteiger partial charge on any atom is 0.306 e. The van der Waals surface area contributed by atoms with Gasteiger partial charge in [0, 0.05) is 0 Å². The van der Waals surface area contributed by atoms with Crippen molar-refractivity contribution in [2.75, 3.05) is 0 Å². The number of allylic oxidation sites excluding steroid dienone is 2. The van der Waals surface area contributed by atoms with Gasteiger partial charge in [-0.25, -0.2) is 0 Å². The van der Waals surface area contributed by atoms with Crippen LogP contribution in [0.25, 0.3) is 0 Å². The monoisotopic (exact) mass is 450 g/mol. The number of carboxylic acids is 1. The van der Waals surface area contributed by atoms with Crippen LogP contribution in [0.5, 0.6) is 0 Å². The van der Waals surface area contributed by atoms with Crippen LogP contribution in [0.1, 0.15) is 162 Å². The molecule has 0 amide bonds. The molecule has 0 aliphatic rings. The van der Waals surface area contributed by atoms with Gasteiger partial charge in [-0.15, -0.1) is 0 Å². The van der Waals surface area contributed by atoms with E-state index in [1.165, 1.54) is 122 Å². The maximum atomic E-state index is 11.7. The highest BCUT2D eigenvalue weighted by atomic mass is 16.4. The molecule has 0 saturated carbocycles. The zero-order chi connectivity index (χ0) is 23.7. The summed E-state index contributed by atoms with van der Waals surface area (Å²) in [4.78, 5) is 11.7. The number of hydrogen-bond donors (Lipinski definition) is 1. The van der Waals surface area contributed by atoms with E-state index in [0.29, 0.717) is 5.92 Å². The first-order valence-electron chi connectivity index (χ1n) is 14.5. The van der Waals surface area contributed by atoms with Gasteiger partial charge in [0.05, 0.1) is 5.92 Å². The summed E-state index contributed by atoms with van der Waals surface area (Å²) in [7, 11) is 0. The van der Waals surface area contributed by atoms with Crippen LogP contribution in [0.4, 0.5) is 0 Å². The van der Waals surface area contributed by atoms with Gasteiger partial charge in [0.1, 0.15) is 0 Å². The first-order valence-corrected chi connectivity index (χ1v) is 14.5. The molecule has 190 valence electrons. The second-order valence-corrected chi connectivity index (χ2v) is 10.2. The summed E-state index contributed by atoms with van der Waals surface area (Å²) < 4.78 is 0. The zero-order valence-electron chi connectivity index (χ0n) is 22.2. The molecule has 1 N–H and O–H groups in total. The molecule has 0 aliphatic heterocycles. The highest BCUT2D eigenvalue weighted by Crippen LogP contribution is 2.25. The molecule has 0 aromatic carbocycles. The quantitative estimate of drug-likeness (QED) is 0.111. The molecule has 2 unspecified atom stereocenters. The van der Waals surface area contributed by atoms with Crippen molar-refractivity contribution < 1.29 is 9.90 Å². The van der Waals surface area contributed by atoms with Gasteiger partial charge in [0.15, 0.2) is 0 Å². The lowest BCUT2D eigenvalue weighted by atomic mass is 9.85. The fraction of sp³-hybridized carbons (Fsp3) is 0.900. The van der Waals surface area contributed by atoms with Crippen molar-refractivity contribution in [3.63, 3.8) is 0 Å². The van der Waals surface area contributed by atoms with Crippen molar-refractivity contribution in [2.24, 2.45) is 11.8 Å². The Morgan fingerprint density at radius 3 is 1.41 bits per heavy atom. The van der Waals surface area contributed by atoms with Gasteiger partial charge < -0.3 is 5.11 Å². The summed E-state index contributed by atoms with van der Waals surface area (Å²) in [6, 6.07) is 0. The Morgan fingerprint density at radius 1 is 0.594 bits per heavy atom. The van der Waals surface area contributed by atoms with Gasteiger partial charge in [-0.05, 0) is 44.4 Å². The van der Waals surface area contributed by atoms with Crippen LogP contribution in [0.15, 0.2) is 12.2 Å². The third-order valence-electron chi connectivity index (χ3n) is 7.04. The Kier molecular flexibility index (Phi) is 24.2. The third-order valence-corrected chi connectivity index (χ3v) is 7.04. The van der Waals surface area contributed by atoms with Crippen LogP contribution in [-0.4, -0.2) is 11.1 Å². The Labute approximate surface area is 202 Å². The van der Waals surface area contributed by atoms with Crippen LogP contribution in [0.3, 0.4) is 0 Å². The lowest BCUT2D eigenvalue weighted by Gasteiger charge is -2.20. The minimum absolute atomic E-state index is 0.142. The van der Waals surface area contributed by atoms with Crippen molar-refractivity contribution in [3.8, 4) is 0 Å².